The van der Waals surface area contributed by atoms with Gasteiger partial charge in [0, 0.05) is 10.6 Å². The molecule has 0 fully saturated rings. The fraction of sp³-hybridized carbons (Fsp3) is 0.294. The molecule has 1 unspecified atom stereocenters. The summed E-state index contributed by atoms with van der Waals surface area (Å²) in [5.41, 5.74) is 2.47. The third kappa shape index (κ3) is 3.49. The zero-order valence-electron chi connectivity index (χ0n) is 12.1. The van der Waals surface area contributed by atoms with Gasteiger partial charge in [-0.05, 0) is 37.3 Å². The fourth-order valence-corrected chi connectivity index (χ4v) is 2.72. The first-order valence-corrected chi connectivity index (χ1v) is 7.59. The lowest BCUT2D eigenvalue weighted by Gasteiger charge is -2.26. The predicted octanol–water partition coefficient (Wildman–Crippen LogP) is 2.67. The molecule has 0 saturated carbocycles. The van der Waals surface area contributed by atoms with Crippen molar-refractivity contribution < 1.29 is 14.4 Å². The van der Waals surface area contributed by atoms with Crippen LogP contribution in [0.4, 0.5) is 0 Å². The molecule has 1 aliphatic rings. The predicted molar refractivity (Wildman–Crippen MR) is 82.9 cm³/mol. The number of hydrogen-bond acceptors (Lipinski definition) is 2. The Morgan fingerprint density at radius 1 is 1.19 bits per heavy atom. The maximum atomic E-state index is 5.92. The molecule has 21 heavy (non-hydrogen) atoms. The minimum absolute atomic E-state index is 0.682. The zero-order chi connectivity index (χ0) is 14.7. The summed E-state index contributed by atoms with van der Waals surface area (Å²) < 4.78 is 11.4. The molecule has 0 aromatic heterocycles. The second-order valence-corrected chi connectivity index (χ2v) is 5.66. The number of hydrogen-bond donors (Lipinski definition) is 1. The Morgan fingerprint density at radius 2 is 2.00 bits per heavy atom. The molecule has 0 saturated heterocycles. The van der Waals surface area contributed by atoms with Crippen molar-refractivity contribution in [3.8, 4) is 11.5 Å². The first kappa shape index (κ1) is 14.2. The average molecular weight is 305 g/mol. The Morgan fingerprint density at radius 3 is 2.76 bits per heavy atom. The van der Waals surface area contributed by atoms with Crippen LogP contribution in [0.15, 0.2) is 42.5 Å². The van der Waals surface area contributed by atoms with Crippen molar-refractivity contribution in [2.75, 3.05) is 13.3 Å². The summed E-state index contributed by atoms with van der Waals surface area (Å²) in [5, 5.41) is 0.773. The molecule has 0 aliphatic carbocycles. The van der Waals surface area contributed by atoms with Crippen molar-refractivity contribution in [1.82, 2.24) is 0 Å². The summed E-state index contributed by atoms with van der Waals surface area (Å²) in [6.45, 7) is 5.23. The molecule has 4 heteroatoms. The highest BCUT2D eigenvalue weighted by molar-refractivity contribution is 6.30. The lowest BCUT2D eigenvalue weighted by Crippen LogP contribution is -3.10. The van der Waals surface area contributed by atoms with E-state index >= 15 is 0 Å². The van der Waals surface area contributed by atoms with Gasteiger partial charge in [-0.3, -0.25) is 4.90 Å². The van der Waals surface area contributed by atoms with Crippen LogP contribution in [-0.4, -0.2) is 13.3 Å². The molecule has 3 nitrogen and oxygen atoms in total. The van der Waals surface area contributed by atoms with Crippen molar-refractivity contribution in [3.05, 3.63) is 58.6 Å². The number of benzene rings is 2. The number of fused-ring (bicyclic) bond motifs is 1. The van der Waals surface area contributed by atoms with E-state index in [2.05, 4.69) is 18.2 Å². The van der Waals surface area contributed by atoms with Gasteiger partial charge >= 0.3 is 0 Å². The summed E-state index contributed by atoms with van der Waals surface area (Å²) in [5.74, 6) is 1.88. The van der Waals surface area contributed by atoms with Crippen LogP contribution in [-0.2, 0) is 13.1 Å². The third-order valence-corrected chi connectivity index (χ3v) is 3.83. The summed E-state index contributed by atoms with van der Waals surface area (Å²) in [6.07, 6.45) is 0. The number of halogens is 1. The van der Waals surface area contributed by atoms with E-state index in [9.17, 15) is 0 Å². The molecule has 110 valence electrons. The van der Waals surface area contributed by atoms with Crippen LogP contribution in [0.1, 0.15) is 18.1 Å². The summed E-state index contributed by atoms with van der Waals surface area (Å²) in [6, 6.07) is 14.1. The monoisotopic (exact) mass is 304 g/mol. The average Bonchev–Trinajstić information content (AvgIpc) is 2.50. The van der Waals surface area contributed by atoms with E-state index < -0.39 is 0 Å². The lowest BCUT2D eigenvalue weighted by atomic mass is 10.1. The highest BCUT2D eigenvalue weighted by atomic mass is 35.5. The van der Waals surface area contributed by atoms with E-state index in [4.69, 9.17) is 21.1 Å². The van der Waals surface area contributed by atoms with Gasteiger partial charge in [0.1, 0.15) is 24.6 Å². The van der Waals surface area contributed by atoms with Crippen molar-refractivity contribution in [3.63, 3.8) is 0 Å². The van der Waals surface area contributed by atoms with E-state index in [1.807, 2.05) is 31.2 Å². The van der Waals surface area contributed by atoms with Crippen LogP contribution in [0, 0.1) is 0 Å². The molecular weight excluding hydrogens is 286 g/mol. The van der Waals surface area contributed by atoms with Gasteiger partial charge in [-0.1, -0.05) is 23.7 Å². The van der Waals surface area contributed by atoms with E-state index in [0.717, 1.165) is 29.6 Å². The van der Waals surface area contributed by atoms with Crippen LogP contribution in [0.5, 0.6) is 11.5 Å². The molecule has 2 aromatic rings. The van der Waals surface area contributed by atoms with Crippen molar-refractivity contribution >= 4 is 11.6 Å². The molecular formula is C17H19ClNO2+. The summed E-state index contributed by atoms with van der Waals surface area (Å²) in [4.78, 5) is 1.37. The molecule has 1 aliphatic heterocycles. The van der Waals surface area contributed by atoms with Crippen molar-refractivity contribution in [1.29, 1.82) is 0 Å². The molecule has 0 radical (unpaired) electrons. The smallest absolute Gasteiger partial charge is 0.222 e. The number of quaternary nitrogens is 1. The molecule has 3 rings (SSSR count). The minimum Gasteiger partial charge on any atom is -0.494 e. The Hall–Kier alpha value is -1.71. The number of ether oxygens (including phenoxy) is 2. The Kier molecular flexibility index (Phi) is 4.32. The summed E-state index contributed by atoms with van der Waals surface area (Å²) in [7, 11) is 0. The number of rotatable bonds is 4. The van der Waals surface area contributed by atoms with Crippen molar-refractivity contribution in [2.45, 2.75) is 20.0 Å². The first-order chi connectivity index (χ1) is 10.2. The van der Waals surface area contributed by atoms with Gasteiger partial charge in [0.25, 0.3) is 0 Å². The Bertz CT molecular complexity index is 613. The molecule has 1 atom stereocenters. The standard InChI is InChI=1S/C17H18ClNO2/c1-2-20-16-7-8-17-14(9-16)11-19(12-21-17)10-13-3-5-15(18)6-4-13/h3-9H,2,10-12H2,1H3/p+1. The SMILES string of the molecule is CCOc1ccc2c(c1)C[NH+](Cc1ccc(Cl)cc1)CO2. The second-order valence-electron chi connectivity index (χ2n) is 5.22. The molecule has 1 heterocycles. The summed E-state index contributed by atoms with van der Waals surface area (Å²) >= 11 is 5.92. The number of nitrogens with one attached hydrogen (secondary N) is 1. The lowest BCUT2D eigenvalue weighted by molar-refractivity contribution is -0.945. The fourth-order valence-electron chi connectivity index (χ4n) is 2.60. The maximum absolute atomic E-state index is 5.92. The van der Waals surface area contributed by atoms with Gasteiger partial charge in [0.2, 0.25) is 6.73 Å². The van der Waals surface area contributed by atoms with Gasteiger partial charge < -0.3 is 9.47 Å². The van der Waals surface area contributed by atoms with Crippen LogP contribution in [0.2, 0.25) is 5.02 Å². The Balaban J connectivity index is 1.71. The van der Waals surface area contributed by atoms with Crippen LogP contribution in [0.25, 0.3) is 0 Å². The molecule has 1 N–H and O–H groups in total. The Labute approximate surface area is 130 Å². The quantitative estimate of drug-likeness (QED) is 0.938. The highest BCUT2D eigenvalue weighted by Gasteiger charge is 2.21. The topological polar surface area (TPSA) is 22.9 Å². The van der Waals surface area contributed by atoms with E-state index in [-0.39, 0.29) is 0 Å². The van der Waals surface area contributed by atoms with Crippen LogP contribution in [0.3, 0.4) is 0 Å². The molecule has 0 spiro atoms. The molecule has 0 amide bonds. The van der Waals surface area contributed by atoms with Crippen molar-refractivity contribution in [2.24, 2.45) is 0 Å². The van der Waals surface area contributed by atoms with Gasteiger partial charge in [-0.25, -0.2) is 0 Å². The van der Waals surface area contributed by atoms with Gasteiger partial charge in [-0.15, -0.1) is 0 Å². The van der Waals surface area contributed by atoms with Gasteiger partial charge in [-0.2, -0.15) is 0 Å². The van der Waals surface area contributed by atoms with Gasteiger partial charge in [0.05, 0.1) is 12.2 Å². The largest absolute Gasteiger partial charge is 0.494 e. The van der Waals surface area contributed by atoms with Gasteiger partial charge in [0.15, 0.2) is 0 Å². The highest BCUT2D eigenvalue weighted by Crippen LogP contribution is 2.25. The van der Waals surface area contributed by atoms with E-state index in [1.165, 1.54) is 16.0 Å². The zero-order valence-corrected chi connectivity index (χ0v) is 12.8. The molecule has 2 aromatic carbocycles. The minimum atomic E-state index is 0.682. The molecule has 0 bridgehead atoms. The first-order valence-electron chi connectivity index (χ1n) is 7.21. The normalized spacial score (nSPS) is 17.0. The second kappa shape index (κ2) is 6.37. The van der Waals surface area contributed by atoms with E-state index in [1.54, 1.807) is 0 Å². The van der Waals surface area contributed by atoms with Crippen LogP contribution < -0.4 is 14.4 Å². The van der Waals surface area contributed by atoms with Crippen LogP contribution >= 0.6 is 11.6 Å². The maximum Gasteiger partial charge on any atom is 0.222 e. The third-order valence-electron chi connectivity index (χ3n) is 3.58. The van der Waals surface area contributed by atoms with E-state index in [0.29, 0.717) is 13.3 Å².